The van der Waals surface area contributed by atoms with E-state index in [2.05, 4.69) is 15.9 Å². The van der Waals surface area contributed by atoms with Crippen molar-refractivity contribution >= 4 is 27.7 Å². The van der Waals surface area contributed by atoms with Gasteiger partial charge in [0.15, 0.2) is 0 Å². The zero-order valence-electron chi connectivity index (χ0n) is 6.47. The summed E-state index contributed by atoms with van der Waals surface area (Å²) in [6.45, 7) is -0.135. The molecule has 0 heterocycles. The largest absolute Gasteiger partial charge is 0.392 e. The van der Waals surface area contributed by atoms with Crippen molar-refractivity contribution in [1.29, 1.82) is 0 Å². The lowest BCUT2D eigenvalue weighted by Gasteiger charge is -2.04. The third-order valence-corrected chi connectivity index (χ3v) is 3.16. The topological polar surface area (TPSA) is 20.2 Å². The monoisotopic (exact) mass is 250 g/mol. The highest BCUT2D eigenvalue weighted by molar-refractivity contribution is 9.10. The molecule has 12 heavy (non-hydrogen) atoms. The number of thioether (sulfide) groups is 1. The Balaban J connectivity index is 3.18. The summed E-state index contributed by atoms with van der Waals surface area (Å²) in [5.41, 5.74) is 0.581. The van der Waals surface area contributed by atoms with Crippen LogP contribution in [0.1, 0.15) is 5.56 Å². The molecule has 0 radical (unpaired) electrons. The van der Waals surface area contributed by atoms with E-state index < -0.39 is 0 Å². The Morgan fingerprint density at radius 1 is 1.58 bits per heavy atom. The summed E-state index contributed by atoms with van der Waals surface area (Å²) in [4.78, 5) is 0.576. The number of hydrogen-bond acceptors (Lipinski definition) is 2. The van der Waals surface area contributed by atoms with Crippen molar-refractivity contribution < 1.29 is 9.50 Å². The van der Waals surface area contributed by atoms with Crippen molar-refractivity contribution in [3.8, 4) is 0 Å². The summed E-state index contributed by atoms with van der Waals surface area (Å²) in [6.07, 6.45) is 1.81. The molecule has 0 atom stereocenters. The number of halogens is 2. The standard InChI is InChI=1S/C8H8BrFOS/c1-12-8-6(9)2-5(4-11)3-7(8)10/h2-3,11H,4H2,1H3. The third kappa shape index (κ3) is 2.00. The number of hydrogen-bond donors (Lipinski definition) is 1. The molecule has 1 aromatic rings. The Morgan fingerprint density at radius 2 is 2.25 bits per heavy atom. The molecule has 0 saturated heterocycles. The molecule has 1 N–H and O–H groups in total. The molecule has 0 aliphatic heterocycles. The van der Waals surface area contributed by atoms with E-state index in [1.54, 1.807) is 6.07 Å². The predicted molar refractivity (Wildman–Crippen MR) is 51.8 cm³/mol. The van der Waals surface area contributed by atoms with Gasteiger partial charge in [0.25, 0.3) is 0 Å². The lowest BCUT2D eigenvalue weighted by Crippen LogP contribution is -1.89. The van der Waals surface area contributed by atoms with E-state index in [1.807, 2.05) is 6.26 Å². The second kappa shape index (κ2) is 4.25. The summed E-state index contributed by atoms with van der Waals surface area (Å²) in [5.74, 6) is -0.291. The first-order valence-electron chi connectivity index (χ1n) is 3.31. The fourth-order valence-corrected chi connectivity index (χ4v) is 2.38. The Morgan fingerprint density at radius 3 is 2.67 bits per heavy atom. The van der Waals surface area contributed by atoms with E-state index in [-0.39, 0.29) is 12.4 Å². The van der Waals surface area contributed by atoms with Crippen LogP contribution in [0.4, 0.5) is 4.39 Å². The fraction of sp³-hybridized carbons (Fsp3) is 0.250. The zero-order valence-corrected chi connectivity index (χ0v) is 8.88. The van der Waals surface area contributed by atoms with E-state index in [4.69, 9.17) is 5.11 Å². The van der Waals surface area contributed by atoms with Crippen LogP contribution in [0.15, 0.2) is 21.5 Å². The van der Waals surface area contributed by atoms with E-state index in [1.165, 1.54) is 17.8 Å². The van der Waals surface area contributed by atoms with Gasteiger partial charge in [-0.2, -0.15) is 0 Å². The molecule has 0 spiro atoms. The van der Waals surface area contributed by atoms with Crippen molar-refractivity contribution in [1.82, 2.24) is 0 Å². The quantitative estimate of drug-likeness (QED) is 0.815. The van der Waals surface area contributed by atoms with E-state index in [0.717, 1.165) is 0 Å². The maximum absolute atomic E-state index is 13.1. The summed E-state index contributed by atoms with van der Waals surface area (Å²) < 4.78 is 13.8. The van der Waals surface area contributed by atoms with Gasteiger partial charge in [-0.25, -0.2) is 4.39 Å². The highest BCUT2D eigenvalue weighted by Gasteiger charge is 2.07. The van der Waals surface area contributed by atoms with Crippen molar-refractivity contribution in [2.24, 2.45) is 0 Å². The lowest BCUT2D eigenvalue weighted by molar-refractivity contribution is 0.281. The van der Waals surface area contributed by atoms with Crippen molar-refractivity contribution in [3.05, 3.63) is 28.0 Å². The lowest BCUT2D eigenvalue weighted by atomic mass is 10.2. The highest BCUT2D eigenvalue weighted by atomic mass is 79.9. The Labute approximate surface area is 83.1 Å². The second-order valence-electron chi connectivity index (χ2n) is 2.25. The van der Waals surface area contributed by atoms with Gasteiger partial charge in [0.05, 0.1) is 11.5 Å². The average Bonchev–Trinajstić information content (AvgIpc) is 2.03. The molecule has 0 bridgehead atoms. The van der Waals surface area contributed by atoms with Gasteiger partial charge >= 0.3 is 0 Å². The van der Waals surface area contributed by atoms with Gasteiger partial charge in [0, 0.05) is 4.47 Å². The van der Waals surface area contributed by atoms with Crippen molar-refractivity contribution in [3.63, 3.8) is 0 Å². The molecule has 1 aromatic carbocycles. The van der Waals surface area contributed by atoms with Crippen LogP contribution >= 0.6 is 27.7 Å². The molecular formula is C8H8BrFOS. The van der Waals surface area contributed by atoms with Gasteiger partial charge in [-0.3, -0.25) is 0 Å². The Hall–Kier alpha value is -0.0600. The first-order valence-corrected chi connectivity index (χ1v) is 5.33. The van der Waals surface area contributed by atoms with E-state index >= 15 is 0 Å². The molecule has 0 aromatic heterocycles. The summed E-state index contributed by atoms with van der Waals surface area (Å²) in [6, 6.07) is 3.06. The van der Waals surface area contributed by atoms with Crippen LogP contribution in [0.3, 0.4) is 0 Å². The van der Waals surface area contributed by atoms with E-state index in [9.17, 15) is 4.39 Å². The number of rotatable bonds is 2. The second-order valence-corrected chi connectivity index (χ2v) is 3.92. The zero-order chi connectivity index (χ0) is 9.14. The maximum atomic E-state index is 13.1. The summed E-state index contributed by atoms with van der Waals surface area (Å²) in [5, 5.41) is 8.76. The average molecular weight is 251 g/mol. The Bertz CT molecular complexity index is 267. The molecule has 0 amide bonds. The number of benzene rings is 1. The maximum Gasteiger partial charge on any atom is 0.138 e. The summed E-state index contributed by atoms with van der Waals surface area (Å²) >= 11 is 4.56. The molecule has 0 aliphatic carbocycles. The van der Waals surface area contributed by atoms with Gasteiger partial charge in [-0.15, -0.1) is 11.8 Å². The first kappa shape index (κ1) is 10.0. The van der Waals surface area contributed by atoms with Crippen molar-refractivity contribution in [2.45, 2.75) is 11.5 Å². The van der Waals surface area contributed by atoms with Gasteiger partial charge in [0.1, 0.15) is 5.82 Å². The van der Waals surface area contributed by atoms with Crippen LogP contribution in [-0.2, 0) is 6.61 Å². The number of aliphatic hydroxyl groups is 1. The Kier molecular flexibility index (Phi) is 3.55. The van der Waals surface area contributed by atoms with Crippen LogP contribution in [0.2, 0.25) is 0 Å². The van der Waals surface area contributed by atoms with Crippen LogP contribution in [0, 0.1) is 5.82 Å². The number of aliphatic hydroxyl groups excluding tert-OH is 1. The molecule has 0 saturated carbocycles. The third-order valence-electron chi connectivity index (χ3n) is 1.44. The molecule has 0 fully saturated rings. The van der Waals surface area contributed by atoms with Crippen LogP contribution < -0.4 is 0 Å². The molecular weight excluding hydrogens is 243 g/mol. The minimum Gasteiger partial charge on any atom is -0.392 e. The van der Waals surface area contributed by atoms with E-state index in [0.29, 0.717) is 14.9 Å². The molecule has 66 valence electrons. The summed E-state index contributed by atoms with van der Waals surface area (Å²) in [7, 11) is 0. The smallest absolute Gasteiger partial charge is 0.138 e. The molecule has 4 heteroatoms. The molecule has 0 aliphatic rings. The molecule has 1 rings (SSSR count). The van der Waals surface area contributed by atoms with Crippen LogP contribution in [0.25, 0.3) is 0 Å². The van der Waals surface area contributed by atoms with Crippen molar-refractivity contribution in [2.75, 3.05) is 6.26 Å². The van der Waals surface area contributed by atoms with Crippen LogP contribution in [0.5, 0.6) is 0 Å². The van der Waals surface area contributed by atoms with Gasteiger partial charge in [-0.1, -0.05) is 0 Å². The molecule has 0 unspecified atom stereocenters. The molecule has 1 nitrogen and oxygen atoms in total. The fourth-order valence-electron chi connectivity index (χ4n) is 0.899. The van der Waals surface area contributed by atoms with Gasteiger partial charge in [-0.05, 0) is 39.9 Å². The minimum atomic E-state index is -0.291. The predicted octanol–water partition coefficient (Wildman–Crippen LogP) is 2.80. The normalized spacial score (nSPS) is 10.3. The first-order chi connectivity index (χ1) is 5.69. The SMILES string of the molecule is CSc1c(F)cc(CO)cc1Br. The van der Waals surface area contributed by atoms with Gasteiger partial charge < -0.3 is 5.11 Å². The van der Waals surface area contributed by atoms with Crippen LogP contribution in [-0.4, -0.2) is 11.4 Å². The highest BCUT2D eigenvalue weighted by Crippen LogP contribution is 2.29. The minimum absolute atomic E-state index is 0.135. The van der Waals surface area contributed by atoms with Gasteiger partial charge in [0.2, 0.25) is 0 Å².